The molecule has 0 bridgehead atoms. The number of aromatic nitrogens is 1. The van der Waals surface area contributed by atoms with Crippen LogP contribution in [-0.4, -0.2) is 41.8 Å². The van der Waals surface area contributed by atoms with Crippen LogP contribution in [0.15, 0.2) is 18.3 Å². The fourth-order valence-electron chi connectivity index (χ4n) is 1.25. The highest BCUT2D eigenvalue weighted by Gasteiger charge is 2.14. The first-order chi connectivity index (χ1) is 8.54. The minimum atomic E-state index is -0.573. The molecule has 4 N–H and O–H groups in total. The Balaban J connectivity index is 2.78. The van der Waals surface area contributed by atoms with E-state index in [0.29, 0.717) is 5.56 Å². The molecule has 1 aromatic heterocycles. The molecule has 0 saturated heterocycles. The van der Waals surface area contributed by atoms with Crippen LogP contribution in [0.5, 0.6) is 0 Å². The topological polar surface area (TPSA) is 102 Å². The molecule has 1 rings (SSSR count). The summed E-state index contributed by atoms with van der Waals surface area (Å²) in [6, 6.07) is 3.21. The van der Waals surface area contributed by atoms with Crippen LogP contribution < -0.4 is 11.5 Å². The molecule has 0 atom stereocenters. The highest BCUT2D eigenvalue weighted by molar-refractivity contribution is 5.94. The quantitative estimate of drug-likeness (QED) is 0.664. The molecular formula is C12H14N4O2. The van der Waals surface area contributed by atoms with Crippen molar-refractivity contribution in [2.24, 2.45) is 11.5 Å². The van der Waals surface area contributed by atoms with Gasteiger partial charge in [0.1, 0.15) is 5.69 Å². The zero-order valence-electron chi connectivity index (χ0n) is 10.0. The summed E-state index contributed by atoms with van der Waals surface area (Å²) in [6.45, 7) is 0.122. The molecule has 0 aromatic carbocycles. The second-order valence-electron chi connectivity index (χ2n) is 3.57. The van der Waals surface area contributed by atoms with Gasteiger partial charge in [0.05, 0.1) is 13.1 Å². The number of rotatable bonds is 3. The van der Waals surface area contributed by atoms with E-state index < -0.39 is 5.91 Å². The van der Waals surface area contributed by atoms with Crippen LogP contribution in [0.3, 0.4) is 0 Å². The largest absolute Gasteiger partial charge is 0.368 e. The third-order valence-electron chi connectivity index (χ3n) is 2.06. The Morgan fingerprint density at radius 2 is 2.17 bits per heavy atom. The maximum Gasteiger partial charge on any atom is 0.272 e. The SMILES string of the molecule is CN(CC(N)=O)C(=O)c1ccc(C#CCN)cn1. The van der Waals surface area contributed by atoms with Crippen molar-refractivity contribution in [2.45, 2.75) is 0 Å². The van der Waals surface area contributed by atoms with Crippen molar-refractivity contribution in [3.05, 3.63) is 29.6 Å². The Morgan fingerprint density at radius 1 is 1.44 bits per heavy atom. The molecule has 0 aliphatic heterocycles. The van der Waals surface area contributed by atoms with Gasteiger partial charge in [0, 0.05) is 18.8 Å². The summed E-state index contributed by atoms with van der Waals surface area (Å²) >= 11 is 0. The Labute approximate surface area is 105 Å². The first-order valence-electron chi connectivity index (χ1n) is 5.23. The zero-order chi connectivity index (χ0) is 13.5. The number of hydrogen-bond acceptors (Lipinski definition) is 4. The van der Waals surface area contributed by atoms with Gasteiger partial charge in [-0.05, 0) is 12.1 Å². The molecule has 0 radical (unpaired) electrons. The third-order valence-corrected chi connectivity index (χ3v) is 2.06. The number of pyridine rings is 1. The van der Waals surface area contributed by atoms with Crippen molar-refractivity contribution in [3.8, 4) is 11.8 Å². The predicted molar refractivity (Wildman–Crippen MR) is 66.3 cm³/mol. The number of carbonyl (C=O) groups excluding carboxylic acids is 2. The van der Waals surface area contributed by atoms with E-state index in [1.165, 1.54) is 18.1 Å². The van der Waals surface area contributed by atoms with Gasteiger partial charge in [-0.25, -0.2) is 4.98 Å². The summed E-state index contributed by atoms with van der Waals surface area (Å²) in [4.78, 5) is 27.7. The van der Waals surface area contributed by atoms with Crippen LogP contribution in [-0.2, 0) is 4.79 Å². The Hall–Kier alpha value is -2.39. The van der Waals surface area contributed by atoms with E-state index >= 15 is 0 Å². The molecule has 1 aromatic rings. The monoisotopic (exact) mass is 246 g/mol. The molecular weight excluding hydrogens is 232 g/mol. The fourth-order valence-corrected chi connectivity index (χ4v) is 1.25. The van der Waals surface area contributed by atoms with Crippen LogP contribution in [0, 0.1) is 11.8 Å². The molecule has 0 unspecified atom stereocenters. The molecule has 0 saturated carbocycles. The number of nitrogens with zero attached hydrogens (tertiary/aromatic N) is 2. The third kappa shape index (κ3) is 3.88. The zero-order valence-corrected chi connectivity index (χ0v) is 10.0. The Morgan fingerprint density at radius 3 is 2.67 bits per heavy atom. The van der Waals surface area contributed by atoms with Crippen molar-refractivity contribution in [1.29, 1.82) is 0 Å². The first kappa shape index (κ1) is 13.7. The van der Waals surface area contributed by atoms with E-state index in [9.17, 15) is 9.59 Å². The number of nitrogens with two attached hydrogens (primary N) is 2. The molecule has 0 fully saturated rings. The van der Waals surface area contributed by atoms with Crippen LogP contribution in [0.4, 0.5) is 0 Å². The minimum absolute atomic E-state index is 0.144. The summed E-state index contributed by atoms with van der Waals surface area (Å²) in [7, 11) is 1.48. The molecule has 0 spiro atoms. The van der Waals surface area contributed by atoms with Gasteiger partial charge in [-0.2, -0.15) is 0 Å². The van der Waals surface area contributed by atoms with Crippen molar-refractivity contribution >= 4 is 11.8 Å². The lowest BCUT2D eigenvalue weighted by Crippen LogP contribution is -2.35. The summed E-state index contributed by atoms with van der Waals surface area (Å²) in [5.74, 6) is 4.54. The van der Waals surface area contributed by atoms with Crippen LogP contribution in [0.25, 0.3) is 0 Å². The summed E-state index contributed by atoms with van der Waals surface area (Å²) < 4.78 is 0. The van der Waals surface area contributed by atoms with E-state index in [0.717, 1.165) is 0 Å². The van der Waals surface area contributed by atoms with Gasteiger partial charge in [0.15, 0.2) is 0 Å². The maximum absolute atomic E-state index is 11.8. The van der Waals surface area contributed by atoms with Gasteiger partial charge in [-0.1, -0.05) is 11.8 Å². The molecule has 18 heavy (non-hydrogen) atoms. The van der Waals surface area contributed by atoms with Crippen molar-refractivity contribution in [3.63, 3.8) is 0 Å². The van der Waals surface area contributed by atoms with Gasteiger partial charge in [0.2, 0.25) is 5.91 Å². The maximum atomic E-state index is 11.8. The smallest absolute Gasteiger partial charge is 0.272 e. The summed E-state index contributed by atoms with van der Waals surface area (Å²) in [5, 5.41) is 0. The molecule has 1 heterocycles. The average Bonchev–Trinajstić information content (AvgIpc) is 2.35. The van der Waals surface area contributed by atoms with Gasteiger partial charge in [-0.3, -0.25) is 9.59 Å². The number of amides is 2. The Bertz CT molecular complexity index is 499. The molecule has 6 nitrogen and oxygen atoms in total. The Kier molecular flexibility index (Phi) is 4.84. The lowest BCUT2D eigenvalue weighted by Gasteiger charge is -2.14. The lowest BCUT2D eigenvalue weighted by molar-refractivity contribution is -0.118. The number of carbonyl (C=O) groups is 2. The number of hydrogen-bond donors (Lipinski definition) is 2. The van der Waals surface area contributed by atoms with E-state index in [2.05, 4.69) is 16.8 Å². The lowest BCUT2D eigenvalue weighted by atomic mass is 10.2. The number of primary amides is 1. The van der Waals surface area contributed by atoms with Crippen LogP contribution in [0.2, 0.25) is 0 Å². The average molecular weight is 246 g/mol. The second-order valence-corrected chi connectivity index (χ2v) is 3.57. The van der Waals surface area contributed by atoms with E-state index in [4.69, 9.17) is 11.5 Å². The van der Waals surface area contributed by atoms with Crippen molar-refractivity contribution in [2.75, 3.05) is 20.1 Å². The highest BCUT2D eigenvalue weighted by Crippen LogP contribution is 2.02. The molecule has 94 valence electrons. The van der Waals surface area contributed by atoms with E-state index in [1.54, 1.807) is 12.1 Å². The molecule has 0 aliphatic rings. The van der Waals surface area contributed by atoms with Gasteiger partial charge in [-0.15, -0.1) is 0 Å². The van der Waals surface area contributed by atoms with Crippen LogP contribution >= 0.6 is 0 Å². The van der Waals surface area contributed by atoms with Gasteiger partial charge in [0.25, 0.3) is 5.91 Å². The molecule has 6 heteroatoms. The number of likely N-dealkylation sites (N-methyl/N-ethyl adjacent to an activating group) is 1. The van der Waals surface area contributed by atoms with Crippen LogP contribution in [0.1, 0.15) is 16.1 Å². The van der Waals surface area contributed by atoms with E-state index in [-0.39, 0.29) is 24.7 Å². The fraction of sp³-hybridized carbons (Fsp3) is 0.250. The minimum Gasteiger partial charge on any atom is -0.368 e. The second kappa shape index (κ2) is 6.37. The predicted octanol–water partition coefficient (Wildman–Crippen LogP) is -1.05. The van der Waals surface area contributed by atoms with Crippen molar-refractivity contribution < 1.29 is 9.59 Å². The summed E-state index contributed by atoms with van der Waals surface area (Å²) in [5.41, 5.74) is 11.2. The van der Waals surface area contributed by atoms with E-state index in [1.807, 2.05) is 0 Å². The van der Waals surface area contributed by atoms with Gasteiger partial charge < -0.3 is 16.4 Å². The standard InChI is InChI=1S/C12H14N4O2/c1-16(8-11(14)17)12(18)10-5-4-9(7-15-10)3-2-6-13/h4-5,7H,6,8,13H2,1H3,(H2,14,17). The van der Waals surface area contributed by atoms with Crippen molar-refractivity contribution in [1.82, 2.24) is 9.88 Å². The molecule has 0 aliphatic carbocycles. The molecule has 2 amide bonds. The summed E-state index contributed by atoms with van der Waals surface area (Å²) in [6.07, 6.45) is 1.48. The van der Waals surface area contributed by atoms with Gasteiger partial charge >= 0.3 is 0 Å². The highest BCUT2D eigenvalue weighted by atomic mass is 16.2. The normalized spacial score (nSPS) is 9.22. The first-order valence-corrected chi connectivity index (χ1v) is 5.23.